The van der Waals surface area contributed by atoms with Gasteiger partial charge in [-0.25, -0.2) is 9.18 Å². The number of halogens is 1. The standard InChI is InChI=1S/C18H25FN2O3/c1-3-6-12(4-2)18(16(20)22,10-15-11-21-17(23)24-15)13-7-5-8-14(19)9-13/h5,7-9,12,15H,3-4,6,10-11H2,1-2H3,(H2,20,22)(H,21,23). The average Bonchev–Trinajstić information content (AvgIpc) is 2.95. The van der Waals surface area contributed by atoms with Gasteiger partial charge in [0.15, 0.2) is 0 Å². The number of carbonyl (C=O) groups is 2. The fraction of sp³-hybridized carbons (Fsp3) is 0.556. The molecule has 1 aromatic rings. The molecule has 0 spiro atoms. The van der Waals surface area contributed by atoms with Gasteiger partial charge in [0.25, 0.3) is 0 Å². The van der Waals surface area contributed by atoms with Crippen LogP contribution < -0.4 is 11.1 Å². The maximum Gasteiger partial charge on any atom is 0.407 e. The number of hydrogen-bond donors (Lipinski definition) is 2. The Bertz CT molecular complexity index is 608. The van der Waals surface area contributed by atoms with Crippen LogP contribution in [0.15, 0.2) is 24.3 Å². The number of hydrogen-bond acceptors (Lipinski definition) is 3. The molecule has 0 aromatic heterocycles. The van der Waals surface area contributed by atoms with Crippen LogP contribution in [0.25, 0.3) is 0 Å². The normalized spacial score (nSPS) is 20.8. The molecule has 1 aromatic carbocycles. The SMILES string of the molecule is CCCC(CC)C(CC1CNC(=O)O1)(C(N)=O)c1cccc(F)c1. The Morgan fingerprint density at radius 2 is 2.25 bits per heavy atom. The summed E-state index contributed by atoms with van der Waals surface area (Å²) in [6.07, 6.45) is 1.68. The number of alkyl carbamates (subject to hydrolysis) is 1. The lowest BCUT2D eigenvalue weighted by atomic mass is 9.64. The van der Waals surface area contributed by atoms with Crippen molar-refractivity contribution in [2.75, 3.05) is 6.54 Å². The van der Waals surface area contributed by atoms with Crippen LogP contribution in [0.3, 0.4) is 0 Å². The molecule has 1 fully saturated rings. The third kappa shape index (κ3) is 3.52. The number of primary amides is 1. The van der Waals surface area contributed by atoms with Gasteiger partial charge in [0.05, 0.1) is 12.0 Å². The Labute approximate surface area is 141 Å². The number of carbonyl (C=O) groups excluding carboxylic acids is 2. The minimum Gasteiger partial charge on any atom is -0.444 e. The van der Waals surface area contributed by atoms with Crippen LogP contribution in [0, 0.1) is 11.7 Å². The fourth-order valence-corrected chi connectivity index (χ4v) is 3.78. The molecule has 1 aliphatic rings. The summed E-state index contributed by atoms with van der Waals surface area (Å²) in [6.45, 7) is 4.36. The highest BCUT2D eigenvalue weighted by atomic mass is 19.1. The van der Waals surface area contributed by atoms with E-state index >= 15 is 0 Å². The number of benzene rings is 1. The molecule has 6 heteroatoms. The first-order valence-electron chi connectivity index (χ1n) is 8.44. The number of ether oxygens (including phenoxy) is 1. The van der Waals surface area contributed by atoms with E-state index in [1.807, 2.05) is 13.8 Å². The predicted octanol–water partition coefficient (Wildman–Crippen LogP) is 2.87. The first kappa shape index (κ1) is 18.2. The number of amides is 2. The Morgan fingerprint density at radius 1 is 1.50 bits per heavy atom. The van der Waals surface area contributed by atoms with Gasteiger partial charge < -0.3 is 15.8 Å². The van der Waals surface area contributed by atoms with E-state index in [1.54, 1.807) is 12.1 Å². The minimum absolute atomic E-state index is 0.0545. The van der Waals surface area contributed by atoms with Crippen molar-refractivity contribution in [2.24, 2.45) is 11.7 Å². The first-order valence-corrected chi connectivity index (χ1v) is 8.44. The maximum atomic E-state index is 13.8. The lowest BCUT2D eigenvalue weighted by molar-refractivity contribution is -0.127. The average molecular weight is 336 g/mol. The third-order valence-corrected chi connectivity index (χ3v) is 4.90. The van der Waals surface area contributed by atoms with Gasteiger partial charge in [-0.15, -0.1) is 0 Å². The van der Waals surface area contributed by atoms with E-state index in [0.717, 1.165) is 19.3 Å². The molecule has 1 aliphatic heterocycles. The number of nitrogens with one attached hydrogen (secondary N) is 1. The van der Waals surface area contributed by atoms with Gasteiger partial charge in [-0.1, -0.05) is 38.8 Å². The van der Waals surface area contributed by atoms with Gasteiger partial charge in [0, 0.05) is 6.42 Å². The van der Waals surface area contributed by atoms with Crippen molar-refractivity contribution in [1.82, 2.24) is 5.32 Å². The van der Waals surface area contributed by atoms with E-state index in [0.29, 0.717) is 12.1 Å². The molecule has 1 heterocycles. The van der Waals surface area contributed by atoms with Gasteiger partial charge in [-0.05, 0) is 30.0 Å². The molecular formula is C18H25FN2O3. The van der Waals surface area contributed by atoms with Crippen molar-refractivity contribution < 1.29 is 18.7 Å². The Hall–Kier alpha value is -2.11. The second kappa shape index (κ2) is 7.64. The molecule has 0 aliphatic carbocycles. The lowest BCUT2D eigenvalue weighted by Gasteiger charge is -2.39. The van der Waals surface area contributed by atoms with Crippen LogP contribution in [-0.2, 0) is 14.9 Å². The van der Waals surface area contributed by atoms with Gasteiger partial charge >= 0.3 is 6.09 Å². The van der Waals surface area contributed by atoms with E-state index in [4.69, 9.17) is 10.5 Å². The molecule has 5 nitrogen and oxygen atoms in total. The topological polar surface area (TPSA) is 81.4 Å². The molecule has 132 valence electrons. The van der Waals surface area contributed by atoms with Crippen LogP contribution in [0.4, 0.5) is 9.18 Å². The van der Waals surface area contributed by atoms with E-state index < -0.39 is 29.3 Å². The van der Waals surface area contributed by atoms with E-state index in [-0.39, 0.29) is 12.3 Å². The van der Waals surface area contributed by atoms with Crippen molar-refractivity contribution in [3.8, 4) is 0 Å². The van der Waals surface area contributed by atoms with Crippen molar-refractivity contribution in [1.29, 1.82) is 0 Å². The van der Waals surface area contributed by atoms with Gasteiger partial charge in [0.2, 0.25) is 5.91 Å². The van der Waals surface area contributed by atoms with Crippen molar-refractivity contribution in [3.63, 3.8) is 0 Å². The summed E-state index contributed by atoms with van der Waals surface area (Å²) < 4.78 is 19.1. The van der Waals surface area contributed by atoms with Crippen molar-refractivity contribution >= 4 is 12.0 Å². The largest absolute Gasteiger partial charge is 0.444 e. The first-order chi connectivity index (χ1) is 11.4. The van der Waals surface area contributed by atoms with Gasteiger partial charge in [-0.2, -0.15) is 0 Å². The van der Waals surface area contributed by atoms with E-state index in [9.17, 15) is 14.0 Å². The Morgan fingerprint density at radius 3 is 2.75 bits per heavy atom. The molecule has 2 amide bonds. The zero-order valence-electron chi connectivity index (χ0n) is 14.2. The minimum atomic E-state index is -1.07. The zero-order valence-corrected chi connectivity index (χ0v) is 14.2. The summed E-state index contributed by atoms with van der Waals surface area (Å²) in [5.74, 6) is -0.969. The fourth-order valence-electron chi connectivity index (χ4n) is 3.78. The lowest BCUT2D eigenvalue weighted by Crippen LogP contribution is -2.50. The third-order valence-electron chi connectivity index (χ3n) is 4.90. The zero-order chi connectivity index (χ0) is 17.7. The molecule has 24 heavy (non-hydrogen) atoms. The second-order valence-corrected chi connectivity index (χ2v) is 6.35. The van der Waals surface area contributed by atoms with Crippen LogP contribution >= 0.6 is 0 Å². The highest BCUT2D eigenvalue weighted by Crippen LogP contribution is 2.42. The van der Waals surface area contributed by atoms with Crippen LogP contribution in [-0.4, -0.2) is 24.6 Å². The van der Waals surface area contributed by atoms with Crippen LogP contribution in [0.2, 0.25) is 0 Å². The Kier molecular flexibility index (Phi) is 5.80. The van der Waals surface area contributed by atoms with E-state index in [1.165, 1.54) is 12.1 Å². The number of rotatable bonds is 8. The van der Waals surface area contributed by atoms with Crippen LogP contribution in [0.5, 0.6) is 0 Å². The van der Waals surface area contributed by atoms with E-state index in [2.05, 4.69) is 5.32 Å². The molecule has 3 N–H and O–H groups in total. The van der Waals surface area contributed by atoms with Crippen molar-refractivity contribution in [3.05, 3.63) is 35.6 Å². The van der Waals surface area contributed by atoms with Gasteiger partial charge in [-0.3, -0.25) is 4.79 Å². The summed E-state index contributed by atoms with van der Waals surface area (Å²) in [5, 5.41) is 2.60. The molecule has 1 saturated heterocycles. The smallest absolute Gasteiger partial charge is 0.407 e. The summed E-state index contributed by atoms with van der Waals surface area (Å²) in [7, 11) is 0. The maximum absolute atomic E-state index is 13.8. The van der Waals surface area contributed by atoms with Crippen LogP contribution in [0.1, 0.15) is 45.1 Å². The highest BCUT2D eigenvalue weighted by molar-refractivity contribution is 5.87. The predicted molar refractivity (Wildman–Crippen MR) is 88.9 cm³/mol. The number of cyclic esters (lactones) is 1. The highest BCUT2D eigenvalue weighted by Gasteiger charge is 2.47. The molecule has 3 atom stereocenters. The van der Waals surface area contributed by atoms with Crippen molar-refractivity contribution in [2.45, 2.75) is 51.0 Å². The molecule has 2 rings (SSSR count). The number of nitrogens with two attached hydrogens (primary N) is 1. The molecule has 0 bridgehead atoms. The molecule has 3 unspecified atom stereocenters. The molecule has 0 radical (unpaired) electrons. The molecule has 0 saturated carbocycles. The quantitative estimate of drug-likeness (QED) is 0.766. The second-order valence-electron chi connectivity index (χ2n) is 6.35. The summed E-state index contributed by atoms with van der Waals surface area (Å²) in [5.41, 5.74) is 5.34. The summed E-state index contributed by atoms with van der Waals surface area (Å²) >= 11 is 0. The van der Waals surface area contributed by atoms with Gasteiger partial charge in [0.1, 0.15) is 11.9 Å². The summed E-state index contributed by atoms with van der Waals surface area (Å²) in [6, 6.07) is 6.02. The molecular weight excluding hydrogens is 311 g/mol. The Balaban J connectivity index is 2.51. The summed E-state index contributed by atoms with van der Waals surface area (Å²) in [4.78, 5) is 24.0. The monoisotopic (exact) mass is 336 g/mol.